The quantitative estimate of drug-likeness (QED) is 0.329. The molecule has 150 valence electrons. The van der Waals surface area contributed by atoms with Crippen molar-refractivity contribution in [2.75, 3.05) is 27.4 Å². The predicted octanol–water partition coefficient (Wildman–Crippen LogP) is 6.27. The molecule has 0 aliphatic heterocycles. The summed E-state index contributed by atoms with van der Waals surface area (Å²) >= 11 is -1.30. The molecule has 3 heteroatoms. The average Bonchev–Trinajstić information content (AvgIpc) is 2.85. The molecule has 0 aromatic rings. The molecule has 0 saturated heterocycles. The van der Waals surface area contributed by atoms with Gasteiger partial charge >= 0.3 is 158 Å². The summed E-state index contributed by atoms with van der Waals surface area (Å²) in [5.41, 5.74) is 10.2. The summed E-state index contributed by atoms with van der Waals surface area (Å²) in [5, 5.41) is 0. The SMILES string of the molecule is CC1=C(C)C(C)(C)[C]([Ba][C]2=C(C)C(C)=C(C)C2(C)C)=C1C.COCCOC. The second kappa shape index (κ2) is 9.97. The van der Waals surface area contributed by atoms with Gasteiger partial charge in [0.1, 0.15) is 0 Å². The minimum atomic E-state index is -1.30. The molecule has 0 aromatic carbocycles. The van der Waals surface area contributed by atoms with Crippen molar-refractivity contribution < 1.29 is 9.47 Å². The third-order valence-electron chi connectivity index (χ3n) is 7.38. The minimum Gasteiger partial charge on any atom is -0.382 e. The van der Waals surface area contributed by atoms with Crippen molar-refractivity contribution in [1.29, 1.82) is 0 Å². The molecule has 0 unspecified atom stereocenters. The van der Waals surface area contributed by atoms with Gasteiger partial charge in [-0.1, -0.05) is 0 Å². The number of methoxy groups -OCH3 is 2. The van der Waals surface area contributed by atoms with E-state index in [1.807, 2.05) is 0.0821 Å². The molecule has 0 saturated carbocycles. The second-order valence-corrected chi connectivity index (χ2v) is 14.7. The zero-order chi connectivity index (χ0) is 21.2. The molecule has 2 nitrogen and oxygen atoms in total. The topological polar surface area (TPSA) is 18.5 Å². The van der Waals surface area contributed by atoms with Crippen LogP contribution in [0.5, 0.6) is 0 Å². The molecule has 2 rings (SSSR count). The second-order valence-electron chi connectivity index (χ2n) is 9.12. The van der Waals surface area contributed by atoms with Gasteiger partial charge in [-0.25, -0.2) is 0 Å². The molecule has 0 bridgehead atoms. The minimum absolute atomic E-state index is 0.309. The summed E-state index contributed by atoms with van der Waals surface area (Å²) in [7, 11) is 3.30. The molecule has 0 spiro atoms. The fourth-order valence-corrected chi connectivity index (χ4v) is 13.3. The fraction of sp³-hybridized carbons (Fsp3) is 0.667. The molecule has 0 amide bonds. The molecule has 0 radical (unpaired) electrons. The van der Waals surface area contributed by atoms with Crippen molar-refractivity contribution in [2.24, 2.45) is 10.8 Å². The van der Waals surface area contributed by atoms with E-state index < -0.39 is 44.2 Å². The number of hydrogen-bond acceptors (Lipinski definition) is 2. The maximum atomic E-state index is 4.66. The molecule has 0 fully saturated rings. The van der Waals surface area contributed by atoms with E-state index in [1.54, 1.807) is 47.7 Å². The van der Waals surface area contributed by atoms with Gasteiger partial charge in [0.25, 0.3) is 0 Å². The van der Waals surface area contributed by atoms with Gasteiger partial charge in [0.15, 0.2) is 0 Å². The number of ether oxygens (including phenoxy) is 2. The van der Waals surface area contributed by atoms with Crippen LogP contribution in [0.2, 0.25) is 0 Å². The van der Waals surface area contributed by atoms with E-state index in [9.17, 15) is 0 Å². The Hall–Kier alpha value is 0.451. The number of allylic oxidation sites excluding steroid dienone is 8. The summed E-state index contributed by atoms with van der Waals surface area (Å²) < 4.78 is 13.0. The number of hydrogen-bond donors (Lipinski definition) is 0. The Morgan fingerprint density at radius 2 is 0.889 bits per heavy atom. The van der Waals surface area contributed by atoms with E-state index in [2.05, 4.69) is 78.7 Å². The van der Waals surface area contributed by atoms with Crippen molar-refractivity contribution in [3.63, 3.8) is 0 Å². The van der Waals surface area contributed by atoms with Crippen molar-refractivity contribution >= 4 is 44.2 Å². The van der Waals surface area contributed by atoms with Gasteiger partial charge in [0.05, 0.1) is 13.2 Å². The average molecular weight is 498 g/mol. The van der Waals surface area contributed by atoms with Crippen LogP contribution in [0.25, 0.3) is 0 Å². The van der Waals surface area contributed by atoms with Crippen molar-refractivity contribution in [3.8, 4) is 0 Å². The predicted molar refractivity (Wildman–Crippen MR) is 119 cm³/mol. The molecule has 0 heterocycles. The Balaban J connectivity index is 0.000000527. The first-order valence-electron chi connectivity index (χ1n) is 10.1. The van der Waals surface area contributed by atoms with Crippen LogP contribution >= 0.6 is 0 Å². The molecule has 0 N–H and O–H groups in total. The van der Waals surface area contributed by atoms with Gasteiger partial charge in [0, 0.05) is 14.2 Å². The van der Waals surface area contributed by atoms with Crippen LogP contribution in [-0.2, 0) is 9.47 Å². The first kappa shape index (κ1) is 25.5. The zero-order valence-electron chi connectivity index (χ0n) is 19.9. The van der Waals surface area contributed by atoms with E-state index >= 15 is 0 Å². The molecular formula is C24H40BaO2. The van der Waals surface area contributed by atoms with Crippen LogP contribution in [-0.4, -0.2) is 71.6 Å². The van der Waals surface area contributed by atoms with Crippen LogP contribution in [0.3, 0.4) is 0 Å². The third kappa shape index (κ3) is 5.14. The van der Waals surface area contributed by atoms with Crippen molar-refractivity contribution in [1.82, 2.24) is 0 Å². The van der Waals surface area contributed by atoms with E-state index in [4.69, 9.17) is 0 Å². The Bertz CT molecular complexity index is 640. The summed E-state index contributed by atoms with van der Waals surface area (Å²) in [6.45, 7) is 25.2. The normalized spacial score (nSPS) is 21.0. The Labute approximate surface area is 192 Å². The summed E-state index contributed by atoms with van der Waals surface area (Å²) in [6, 6.07) is 0. The van der Waals surface area contributed by atoms with Gasteiger partial charge in [-0.3, -0.25) is 0 Å². The third-order valence-corrected chi connectivity index (χ3v) is 18.5. The Morgan fingerprint density at radius 1 is 0.593 bits per heavy atom. The van der Waals surface area contributed by atoms with Gasteiger partial charge in [-0.15, -0.1) is 0 Å². The number of rotatable bonds is 5. The Kier molecular flexibility index (Phi) is 9.41. The first-order chi connectivity index (χ1) is 12.3. The van der Waals surface area contributed by atoms with E-state index in [1.165, 1.54) is 0 Å². The van der Waals surface area contributed by atoms with Crippen LogP contribution < -0.4 is 0 Å². The van der Waals surface area contributed by atoms with Crippen LogP contribution in [0, 0.1) is 10.8 Å². The fourth-order valence-electron chi connectivity index (χ4n) is 4.39. The smallest absolute Gasteiger partial charge is 0.0696 e. The van der Waals surface area contributed by atoms with Crippen LogP contribution in [0.1, 0.15) is 69.2 Å². The van der Waals surface area contributed by atoms with E-state index in [0.29, 0.717) is 24.0 Å². The summed E-state index contributed by atoms with van der Waals surface area (Å²) in [6.07, 6.45) is 0. The monoisotopic (exact) mass is 498 g/mol. The molecule has 0 aromatic heterocycles. The standard InChI is InChI=1S/2C10H15.C4H10O2.Ba/c2*1-7-6-10(4,5)9(3)8(7)2;1-5-3-4-6-2;/h2*1-5H3;3-4H2,1-2H3;. The molecule has 27 heavy (non-hydrogen) atoms. The molecule has 2 aliphatic rings. The van der Waals surface area contributed by atoms with Gasteiger partial charge < -0.3 is 9.47 Å². The molecule has 2 aliphatic carbocycles. The molecule has 0 atom stereocenters. The summed E-state index contributed by atoms with van der Waals surface area (Å²) in [4.78, 5) is 0. The van der Waals surface area contributed by atoms with Gasteiger partial charge in [0.2, 0.25) is 0 Å². The zero-order valence-corrected chi connectivity index (χ0v) is 24.4. The van der Waals surface area contributed by atoms with Crippen molar-refractivity contribution in [3.05, 3.63) is 33.5 Å². The molecular weight excluding hydrogens is 458 g/mol. The Morgan fingerprint density at radius 3 is 1.07 bits per heavy atom. The van der Waals surface area contributed by atoms with Gasteiger partial charge in [-0.2, -0.15) is 0 Å². The van der Waals surface area contributed by atoms with E-state index in [-0.39, 0.29) is 0 Å². The van der Waals surface area contributed by atoms with Crippen LogP contribution in [0.15, 0.2) is 33.5 Å². The summed E-state index contributed by atoms with van der Waals surface area (Å²) in [5.74, 6) is 0. The van der Waals surface area contributed by atoms with E-state index in [0.717, 1.165) is 0 Å². The first-order valence-corrected chi connectivity index (χ1v) is 14.5. The maximum Gasteiger partial charge on any atom is 0.0696 e. The maximum absolute atomic E-state index is 4.66. The van der Waals surface area contributed by atoms with Crippen molar-refractivity contribution in [2.45, 2.75) is 69.2 Å². The largest absolute Gasteiger partial charge is 0.382 e. The van der Waals surface area contributed by atoms with Gasteiger partial charge in [-0.05, 0) is 0 Å². The van der Waals surface area contributed by atoms with Crippen LogP contribution in [0.4, 0.5) is 0 Å².